The third kappa shape index (κ3) is 1.73. The van der Waals surface area contributed by atoms with E-state index in [1.54, 1.807) is 0 Å². The summed E-state index contributed by atoms with van der Waals surface area (Å²) in [5, 5.41) is 0. The zero-order chi connectivity index (χ0) is 9.26. The van der Waals surface area contributed by atoms with Crippen LogP contribution in [0, 0.1) is 11.8 Å². The molecule has 2 aliphatic rings. The standard InChI is InChI=1S/C10H14ClNO/c11-5-10(13)12-6-8-3-1-2-4-9(8)7-12/h1,3,8-9H,2,4-7H2. The lowest BCUT2D eigenvalue weighted by atomic mass is 9.87. The normalized spacial score (nSPS) is 31.9. The molecule has 1 saturated heterocycles. The molecule has 2 atom stereocenters. The van der Waals surface area contributed by atoms with E-state index in [4.69, 9.17) is 11.6 Å². The Labute approximate surface area is 83.5 Å². The van der Waals surface area contributed by atoms with Crippen molar-refractivity contribution in [3.63, 3.8) is 0 Å². The van der Waals surface area contributed by atoms with Crippen molar-refractivity contribution in [1.29, 1.82) is 0 Å². The minimum atomic E-state index is 0.0875. The summed E-state index contributed by atoms with van der Waals surface area (Å²) in [6, 6.07) is 0. The molecule has 2 unspecified atom stereocenters. The van der Waals surface area contributed by atoms with Crippen molar-refractivity contribution in [3.05, 3.63) is 12.2 Å². The first-order chi connectivity index (χ1) is 6.31. The first kappa shape index (κ1) is 9.07. The van der Waals surface area contributed by atoms with Crippen LogP contribution in [-0.2, 0) is 4.79 Å². The summed E-state index contributed by atoms with van der Waals surface area (Å²) in [6.45, 7) is 1.80. The predicted molar refractivity (Wildman–Crippen MR) is 52.7 cm³/mol. The molecule has 1 aliphatic heterocycles. The SMILES string of the molecule is O=C(CCl)N1CC2C=CCCC2C1. The molecule has 1 fully saturated rings. The lowest BCUT2D eigenvalue weighted by Crippen LogP contribution is -2.29. The molecule has 2 nitrogen and oxygen atoms in total. The predicted octanol–water partition coefficient (Wildman–Crippen LogP) is 1.65. The summed E-state index contributed by atoms with van der Waals surface area (Å²) in [4.78, 5) is 13.2. The van der Waals surface area contributed by atoms with Crippen LogP contribution in [-0.4, -0.2) is 29.8 Å². The van der Waals surface area contributed by atoms with Crippen molar-refractivity contribution >= 4 is 17.5 Å². The lowest BCUT2D eigenvalue weighted by Gasteiger charge is -2.17. The van der Waals surface area contributed by atoms with Gasteiger partial charge in [-0.2, -0.15) is 0 Å². The Hall–Kier alpha value is -0.500. The largest absolute Gasteiger partial charge is 0.341 e. The molecule has 2 rings (SSSR count). The van der Waals surface area contributed by atoms with Gasteiger partial charge in [-0.1, -0.05) is 12.2 Å². The lowest BCUT2D eigenvalue weighted by molar-refractivity contribution is -0.127. The van der Waals surface area contributed by atoms with E-state index in [0.29, 0.717) is 11.8 Å². The van der Waals surface area contributed by atoms with Gasteiger partial charge < -0.3 is 4.90 Å². The summed E-state index contributed by atoms with van der Waals surface area (Å²) in [7, 11) is 0. The molecule has 0 spiro atoms. The second-order valence-corrected chi connectivity index (χ2v) is 4.13. The average Bonchev–Trinajstić information content (AvgIpc) is 2.59. The van der Waals surface area contributed by atoms with Crippen LogP contribution in [0.4, 0.5) is 0 Å². The summed E-state index contributed by atoms with van der Waals surface area (Å²) in [5.41, 5.74) is 0. The summed E-state index contributed by atoms with van der Waals surface area (Å²) < 4.78 is 0. The molecule has 0 radical (unpaired) electrons. The van der Waals surface area contributed by atoms with Gasteiger partial charge in [-0.15, -0.1) is 11.6 Å². The highest BCUT2D eigenvalue weighted by molar-refractivity contribution is 6.27. The Balaban J connectivity index is 2.00. The van der Waals surface area contributed by atoms with E-state index in [0.717, 1.165) is 13.1 Å². The molecule has 13 heavy (non-hydrogen) atoms. The van der Waals surface area contributed by atoms with E-state index in [2.05, 4.69) is 12.2 Å². The van der Waals surface area contributed by atoms with Crippen LogP contribution in [0.5, 0.6) is 0 Å². The summed E-state index contributed by atoms with van der Waals surface area (Å²) in [6.07, 6.45) is 6.89. The van der Waals surface area contributed by atoms with Crippen LogP contribution in [0.25, 0.3) is 0 Å². The van der Waals surface area contributed by atoms with Gasteiger partial charge in [0.15, 0.2) is 0 Å². The highest BCUT2D eigenvalue weighted by atomic mass is 35.5. The van der Waals surface area contributed by atoms with E-state index in [1.807, 2.05) is 4.90 Å². The van der Waals surface area contributed by atoms with Crippen LogP contribution in [0.2, 0.25) is 0 Å². The second-order valence-electron chi connectivity index (χ2n) is 3.86. The minimum absolute atomic E-state index is 0.0875. The van der Waals surface area contributed by atoms with Crippen LogP contribution in [0.3, 0.4) is 0 Å². The van der Waals surface area contributed by atoms with Crippen molar-refractivity contribution < 1.29 is 4.79 Å². The number of rotatable bonds is 1. The van der Waals surface area contributed by atoms with E-state index in [1.165, 1.54) is 12.8 Å². The van der Waals surface area contributed by atoms with Crippen molar-refractivity contribution in [2.45, 2.75) is 12.8 Å². The molecule has 0 aromatic rings. The molecule has 1 heterocycles. The van der Waals surface area contributed by atoms with Gasteiger partial charge in [-0.25, -0.2) is 0 Å². The third-order valence-corrected chi connectivity index (χ3v) is 3.27. The van der Waals surface area contributed by atoms with Crippen LogP contribution >= 0.6 is 11.6 Å². The number of nitrogens with zero attached hydrogens (tertiary/aromatic N) is 1. The molecule has 3 heteroatoms. The van der Waals surface area contributed by atoms with Gasteiger partial charge in [0.2, 0.25) is 5.91 Å². The minimum Gasteiger partial charge on any atom is -0.341 e. The van der Waals surface area contributed by atoms with E-state index in [-0.39, 0.29) is 11.8 Å². The van der Waals surface area contributed by atoms with Gasteiger partial charge in [0.05, 0.1) is 0 Å². The Morgan fingerprint density at radius 3 is 3.08 bits per heavy atom. The van der Waals surface area contributed by atoms with Crippen molar-refractivity contribution in [1.82, 2.24) is 4.90 Å². The van der Waals surface area contributed by atoms with Crippen molar-refractivity contribution in [2.24, 2.45) is 11.8 Å². The van der Waals surface area contributed by atoms with E-state index in [9.17, 15) is 4.79 Å². The number of halogens is 1. The van der Waals surface area contributed by atoms with Crippen molar-refractivity contribution in [3.8, 4) is 0 Å². The second kappa shape index (κ2) is 3.70. The molecule has 0 bridgehead atoms. The van der Waals surface area contributed by atoms with E-state index >= 15 is 0 Å². The maximum Gasteiger partial charge on any atom is 0.237 e. The first-order valence-corrected chi connectivity index (χ1v) is 5.35. The van der Waals surface area contributed by atoms with Gasteiger partial charge in [0.25, 0.3) is 0 Å². The zero-order valence-electron chi connectivity index (χ0n) is 7.58. The van der Waals surface area contributed by atoms with Gasteiger partial charge in [-0.3, -0.25) is 4.79 Å². The fourth-order valence-corrected chi connectivity index (χ4v) is 2.46. The van der Waals surface area contributed by atoms with Crippen LogP contribution in [0.1, 0.15) is 12.8 Å². The molecule has 0 aromatic carbocycles. The maximum atomic E-state index is 11.3. The van der Waals surface area contributed by atoms with Gasteiger partial charge in [-0.05, 0) is 24.7 Å². The smallest absolute Gasteiger partial charge is 0.237 e. The topological polar surface area (TPSA) is 20.3 Å². The summed E-state index contributed by atoms with van der Waals surface area (Å²) in [5.74, 6) is 1.51. The molecule has 0 aromatic heterocycles. The molecular formula is C10H14ClNO. The third-order valence-electron chi connectivity index (χ3n) is 3.05. The quantitative estimate of drug-likeness (QED) is 0.465. The number of carbonyl (C=O) groups is 1. The molecule has 0 saturated carbocycles. The number of fused-ring (bicyclic) bond motifs is 1. The molecule has 1 amide bonds. The molecule has 1 aliphatic carbocycles. The number of hydrogen-bond donors (Lipinski definition) is 0. The Bertz CT molecular complexity index is 239. The van der Waals surface area contributed by atoms with Gasteiger partial charge in [0.1, 0.15) is 5.88 Å². The molecule has 72 valence electrons. The van der Waals surface area contributed by atoms with Crippen LogP contribution in [0.15, 0.2) is 12.2 Å². The zero-order valence-corrected chi connectivity index (χ0v) is 8.33. The monoisotopic (exact) mass is 199 g/mol. The number of allylic oxidation sites excluding steroid dienone is 1. The number of hydrogen-bond acceptors (Lipinski definition) is 1. The van der Waals surface area contributed by atoms with Gasteiger partial charge in [0, 0.05) is 13.1 Å². The average molecular weight is 200 g/mol. The fraction of sp³-hybridized carbons (Fsp3) is 0.700. The molecule has 0 N–H and O–H groups in total. The first-order valence-electron chi connectivity index (χ1n) is 4.81. The summed E-state index contributed by atoms with van der Waals surface area (Å²) >= 11 is 5.52. The highest BCUT2D eigenvalue weighted by Gasteiger charge is 2.33. The number of alkyl halides is 1. The number of amides is 1. The maximum absolute atomic E-state index is 11.3. The highest BCUT2D eigenvalue weighted by Crippen LogP contribution is 2.31. The molecular weight excluding hydrogens is 186 g/mol. The number of likely N-dealkylation sites (tertiary alicyclic amines) is 1. The fourth-order valence-electron chi connectivity index (χ4n) is 2.29. The number of carbonyl (C=O) groups excluding carboxylic acids is 1. The Morgan fingerprint density at radius 1 is 1.54 bits per heavy atom. The van der Waals surface area contributed by atoms with Crippen LogP contribution < -0.4 is 0 Å². The Kier molecular flexibility index (Phi) is 2.58. The van der Waals surface area contributed by atoms with E-state index < -0.39 is 0 Å². The van der Waals surface area contributed by atoms with Crippen molar-refractivity contribution in [2.75, 3.05) is 19.0 Å². The Morgan fingerprint density at radius 2 is 2.38 bits per heavy atom. The van der Waals surface area contributed by atoms with Gasteiger partial charge >= 0.3 is 0 Å².